The number of ether oxygens (including phenoxy) is 1. The largest absolute Gasteiger partial charge is 0.494 e. The fourth-order valence-corrected chi connectivity index (χ4v) is 4.54. The summed E-state index contributed by atoms with van der Waals surface area (Å²) in [6, 6.07) is 14.7. The first-order valence-corrected chi connectivity index (χ1v) is 12.1. The van der Waals surface area contributed by atoms with Crippen LogP contribution in [0.5, 0.6) is 5.75 Å². The van der Waals surface area contributed by atoms with Gasteiger partial charge in [-0.2, -0.15) is 0 Å². The van der Waals surface area contributed by atoms with Gasteiger partial charge in [-0.3, -0.25) is 30.0 Å². The van der Waals surface area contributed by atoms with Crippen molar-refractivity contribution in [3.05, 3.63) is 76.0 Å². The molecule has 11 heteroatoms. The summed E-state index contributed by atoms with van der Waals surface area (Å²) >= 11 is 1.02. The van der Waals surface area contributed by atoms with E-state index >= 15 is 0 Å². The minimum atomic E-state index is -3.82. The Labute approximate surface area is 194 Å². The second-order valence-corrected chi connectivity index (χ2v) is 9.48. The number of carbonyl (C=O) groups excluding carboxylic acids is 3. The number of hydrogen-bond acceptors (Lipinski definition) is 7. The van der Waals surface area contributed by atoms with Gasteiger partial charge in [0, 0.05) is 11.3 Å². The number of thiophene rings is 1. The summed E-state index contributed by atoms with van der Waals surface area (Å²) in [5.41, 5.74) is 5.02. The molecule has 0 fully saturated rings. The van der Waals surface area contributed by atoms with Crippen LogP contribution < -0.4 is 20.3 Å². The van der Waals surface area contributed by atoms with Crippen molar-refractivity contribution < 1.29 is 27.5 Å². The van der Waals surface area contributed by atoms with Crippen molar-refractivity contribution in [2.75, 3.05) is 11.3 Å². The van der Waals surface area contributed by atoms with E-state index in [1.54, 1.807) is 12.1 Å². The maximum absolute atomic E-state index is 12.5. The van der Waals surface area contributed by atoms with Crippen LogP contribution in [0.25, 0.3) is 0 Å². The van der Waals surface area contributed by atoms with Crippen LogP contribution in [0.15, 0.2) is 65.6 Å². The number of hydrogen-bond donors (Lipinski definition) is 3. The van der Waals surface area contributed by atoms with E-state index in [9.17, 15) is 22.8 Å². The van der Waals surface area contributed by atoms with E-state index in [-0.39, 0.29) is 26.8 Å². The van der Waals surface area contributed by atoms with Crippen LogP contribution in [-0.2, 0) is 10.0 Å². The second kappa shape index (κ2) is 10.3. The number of Topliss-reactive ketones (excluding diaryl/α,β-unsaturated/α-hetero) is 1. The van der Waals surface area contributed by atoms with Gasteiger partial charge in [0.1, 0.15) is 5.75 Å². The average molecular weight is 488 g/mol. The highest BCUT2D eigenvalue weighted by Crippen LogP contribution is 2.20. The molecule has 3 N–H and O–H groups in total. The molecule has 2 amide bonds. The monoisotopic (exact) mass is 487 g/mol. The molecule has 0 unspecified atom stereocenters. The molecule has 0 aliphatic rings. The van der Waals surface area contributed by atoms with E-state index in [0.717, 1.165) is 11.3 Å². The van der Waals surface area contributed by atoms with Gasteiger partial charge in [-0.1, -0.05) is 0 Å². The van der Waals surface area contributed by atoms with Crippen LogP contribution in [0, 0.1) is 0 Å². The van der Waals surface area contributed by atoms with Crippen LogP contribution in [0.2, 0.25) is 0 Å². The molecule has 0 radical (unpaired) electrons. The number of benzene rings is 2. The average Bonchev–Trinajstić information content (AvgIpc) is 3.29. The molecule has 0 spiro atoms. The van der Waals surface area contributed by atoms with Gasteiger partial charge in [-0.15, -0.1) is 11.3 Å². The topological polar surface area (TPSA) is 131 Å². The van der Waals surface area contributed by atoms with Gasteiger partial charge >= 0.3 is 0 Å². The Balaban J connectivity index is 1.59. The quantitative estimate of drug-likeness (QED) is 0.330. The Morgan fingerprint density at radius 3 is 2.03 bits per heavy atom. The third-order valence-electron chi connectivity index (χ3n) is 4.31. The highest BCUT2D eigenvalue weighted by molar-refractivity contribution is 7.92. The molecule has 172 valence electrons. The van der Waals surface area contributed by atoms with E-state index in [2.05, 4.69) is 15.6 Å². The van der Waals surface area contributed by atoms with E-state index in [4.69, 9.17) is 4.74 Å². The Hall–Kier alpha value is -3.70. The zero-order valence-corrected chi connectivity index (χ0v) is 19.4. The normalized spacial score (nSPS) is 10.8. The smallest absolute Gasteiger partial charge is 0.279 e. The molecule has 1 aromatic heterocycles. The lowest BCUT2D eigenvalue weighted by molar-refractivity contribution is 0.0849. The lowest BCUT2D eigenvalue weighted by Crippen LogP contribution is -2.41. The molecule has 0 atom stereocenters. The molecule has 33 heavy (non-hydrogen) atoms. The lowest BCUT2D eigenvalue weighted by atomic mass is 10.2. The SMILES string of the molecule is CCOc1ccc(S(=O)(=O)Nc2ccc(C(=O)NNC(=O)c3ccc(C(C)=O)s3)cc2)cc1. The molecule has 0 aliphatic heterocycles. The van der Waals surface area contributed by atoms with Crippen LogP contribution >= 0.6 is 11.3 Å². The van der Waals surface area contributed by atoms with Gasteiger partial charge in [-0.05, 0) is 74.5 Å². The summed E-state index contributed by atoms with van der Waals surface area (Å²) in [6.07, 6.45) is 0. The minimum Gasteiger partial charge on any atom is -0.494 e. The summed E-state index contributed by atoms with van der Waals surface area (Å²) in [4.78, 5) is 36.5. The molecular formula is C22H21N3O6S2. The first-order valence-electron chi connectivity index (χ1n) is 9.77. The molecule has 0 aliphatic carbocycles. The molecule has 0 saturated heterocycles. The number of carbonyl (C=O) groups is 3. The first-order chi connectivity index (χ1) is 15.7. The Morgan fingerprint density at radius 1 is 0.848 bits per heavy atom. The summed E-state index contributed by atoms with van der Waals surface area (Å²) in [7, 11) is -3.82. The third kappa shape index (κ3) is 6.18. The van der Waals surface area contributed by atoms with Crippen molar-refractivity contribution in [1.29, 1.82) is 0 Å². The minimum absolute atomic E-state index is 0.0667. The van der Waals surface area contributed by atoms with E-state index < -0.39 is 21.8 Å². The van der Waals surface area contributed by atoms with Crippen molar-refractivity contribution in [2.24, 2.45) is 0 Å². The highest BCUT2D eigenvalue weighted by Gasteiger charge is 2.16. The van der Waals surface area contributed by atoms with Gasteiger partial charge in [-0.25, -0.2) is 8.42 Å². The van der Waals surface area contributed by atoms with Crippen molar-refractivity contribution in [1.82, 2.24) is 10.9 Å². The predicted octanol–water partition coefficient (Wildman–Crippen LogP) is 3.23. The zero-order chi connectivity index (χ0) is 24.0. The molecule has 0 saturated carbocycles. The first kappa shape index (κ1) is 24.0. The molecule has 1 heterocycles. The number of sulfonamides is 1. The maximum Gasteiger partial charge on any atom is 0.279 e. The van der Waals surface area contributed by atoms with Crippen molar-refractivity contribution in [3.8, 4) is 5.75 Å². The predicted molar refractivity (Wildman–Crippen MR) is 124 cm³/mol. The molecule has 3 rings (SSSR count). The number of hydrazine groups is 1. The van der Waals surface area contributed by atoms with Crippen molar-refractivity contribution >= 4 is 44.6 Å². The molecule has 3 aromatic rings. The van der Waals surface area contributed by atoms with Crippen LogP contribution in [0.1, 0.15) is 43.5 Å². The van der Waals surface area contributed by atoms with Gasteiger partial charge in [0.2, 0.25) is 0 Å². The van der Waals surface area contributed by atoms with Gasteiger partial charge in [0.25, 0.3) is 21.8 Å². The summed E-state index contributed by atoms with van der Waals surface area (Å²) < 4.78 is 32.8. The second-order valence-electron chi connectivity index (χ2n) is 6.72. The summed E-state index contributed by atoms with van der Waals surface area (Å²) in [5, 5.41) is 0. The van der Waals surface area contributed by atoms with Crippen LogP contribution in [-0.4, -0.2) is 32.6 Å². The fourth-order valence-electron chi connectivity index (χ4n) is 2.68. The number of nitrogens with one attached hydrogen (secondary N) is 3. The van der Waals surface area contributed by atoms with Crippen LogP contribution in [0.4, 0.5) is 5.69 Å². The van der Waals surface area contributed by atoms with E-state index in [1.807, 2.05) is 6.92 Å². The number of ketones is 1. The number of anilines is 1. The fraction of sp³-hybridized carbons (Fsp3) is 0.136. The van der Waals surface area contributed by atoms with E-state index in [0.29, 0.717) is 17.2 Å². The summed E-state index contributed by atoms with van der Waals surface area (Å²) in [6.45, 7) is 3.71. The third-order valence-corrected chi connectivity index (χ3v) is 6.89. The van der Waals surface area contributed by atoms with Crippen LogP contribution in [0.3, 0.4) is 0 Å². The van der Waals surface area contributed by atoms with Gasteiger partial charge in [0.15, 0.2) is 5.78 Å². The van der Waals surface area contributed by atoms with Gasteiger partial charge < -0.3 is 4.74 Å². The zero-order valence-electron chi connectivity index (χ0n) is 17.7. The Kier molecular flexibility index (Phi) is 7.46. The Bertz CT molecular complexity index is 1270. The number of rotatable bonds is 8. The van der Waals surface area contributed by atoms with E-state index in [1.165, 1.54) is 55.5 Å². The molecule has 0 bridgehead atoms. The standard InChI is InChI=1S/C22H21N3O6S2/c1-3-31-17-8-10-18(11-9-17)33(29,30)25-16-6-4-15(5-7-16)21(27)23-24-22(28)20-13-12-19(32-20)14(2)26/h4-13,25H,3H2,1-2H3,(H,23,27)(H,24,28). The molecule has 9 nitrogen and oxygen atoms in total. The number of amides is 2. The molecule has 2 aromatic carbocycles. The lowest BCUT2D eigenvalue weighted by Gasteiger charge is -2.10. The summed E-state index contributed by atoms with van der Waals surface area (Å²) in [5.74, 6) is -0.730. The molecular weight excluding hydrogens is 466 g/mol. The highest BCUT2D eigenvalue weighted by atomic mass is 32.2. The van der Waals surface area contributed by atoms with Crippen molar-refractivity contribution in [3.63, 3.8) is 0 Å². The maximum atomic E-state index is 12.5. The van der Waals surface area contributed by atoms with Crippen molar-refractivity contribution in [2.45, 2.75) is 18.7 Å². The van der Waals surface area contributed by atoms with Gasteiger partial charge in [0.05, 0.1) is 21.3 Å². The Morgan fingerprint density at radius 2 is 1.45 bits per heavy atom.